The van der Waals surface area contributed by atoms with Crippen molar-refractivity contribution in [3.8, 4) is 16.9 Å². The van der Waals surface area contributed by atoms with Crippen LogP contribution in [0.15, 0.2) is 59.7 Å². The lowest BCUT2D eigenvalue weighted by Gasteiger charge is -2.16. The molecule has 38 heavy (non-hydrogen) atoms. The van der Waals surface area contributed by atoms with Crippen molar-refractivity contribution < 1.29 is 18.3 Å². The highest BCUT2D eigenvalue weighted by atomic mass is 127. The van der Waals surface area contributed by atoms with E-state index in [-0.39, 0.29) is 29.8 Å². The van der Waals surface area contributed by atoms with E-state index >= 15 is 0 Å². The lowest BCUT2D eigenvalue weighted by atomic mass is 10.1. The van der Waals surface area contributed by atoms with E-state index in [9.17, 15) is 18.4 Å². The molecule has 0 aliphatic carbocycles. The third-order valence-corrected chi connectivity index (χ3v) is 7.30. The summed E-state index contributed by atoms with van der Waals surface area (Å²) in [5, 5.41) is 3.80. The third-order valence-electron chi connectivity index (χ3n) is 6.64. The van der Waals surface area contributed by atoms with E-state index in [1.54, 1.807) is 48.4 Å². The van der Waals surface area contributed by atoms with E-state index in [4.69, 9.17) is 0 Å². The quantitative estimate of drug-likeness (QED) is 0.234. The Hall–Kier alpha value is -3.55. The molecule has 198 valence electrons. The molecule has 1 saturated heterocycles. The van der Waals surface area contributed by atoms with E-state index in [0.29, 0.717) is 33.4 Å². The van der Waals surface area contributed by atoms with Gasteiger partial charge in [-0.3, -0.25) is 19.0 Å². The van der Waals surface area contributed by atoms with Crippen LogP contribution in [-0.4, -0.2) is 60.3 Å². The zero-order chi connectivity index (χ0) is 26.8. The van der Waals surface area contributed by atoms with Gasteiger partial charge in [0, 0.05) is 49.7 Å². The second kappa shape index (κ2) is 11.1. The minimum Gasteiger partial charge on any atom is -0.434 e. The highest BCUT2D eigenvalue weighted by Crippen LogP contribution is 2.26. The number of fused-ring (bicyclic) bond motifs is 1. The van der Waals surface area contributed by atoms with Crippen molar-refractivity contribution >= 4 is 45.3 Å². The summed E-state index contributed by atoms with van der Waals surface area (Å²) in [7, 11) is 1.64. The fraction of sp³-hybridized carbons (Fsp3) is 0.308. The molecule has 1 aliphatic rings. The molecule has 1 N–H and O–H groups in total. The van der Waals surface area contributed by atoms with Gasteiger partial charge in [0.25, 0.3) is 5.56 Å². The Morgan fingerprint density at radius 3 is 2.68 bits per heavy atom. The van der Waals surface area contributed by atoms with Gasteiger partial charge in [-0.2, -0.15) is 8.78 Å². The fourth-order valence-electron chi connectivity index (χ4n) is 4.67. The number of anilines is 1. The Kier molecular flexibility index (Phi) is 7.58. The summed E-state index contributed by atoms with van der Waals surface area (Å²) in [6, 6.07) is 12.1. The molecule has 0 spiro atoms. The molecule has 2 aromatic heterocycles. The van der Waals surface area contributed by atoms with Crippen molar-refractivity contribution in [3.05, 3.63) is 70.8 Å². The van der Waals surface area contributed by atoms with Crippen LogP contribution in [0.4, 0.5) is 14.7 Å². The Labute approximate surface area is 230 Å². The van der Waals surface area contributed by atoms with Crippen LogP contribution in [0, 0.1) is 0 Å². The van der Waals surface area contributed by atoms with Gasteiger partial charge in [-0.1, -0.05) is 46.9 Å². The van der Waals surface area contributed by atoms with E-state index in [1.807, 2.05) is 17.0 Å². The molecular weight excluding hydrogens is 609 g/mol. The van der Waals surface area contributed by atoms with Crippen LogP contribution in [0.1, 0.15) is 12.0 Å². The number of ether oxygens (including phenoxy) is 1. The minimum atomic E-state index is -2.95. The molecule has 1 aliphatic heterocycles. The molecular formula is C26H25F2IN6O3. The van der Waals surface area contributed by atoms with E-state index in [1.165, 1.54) is 10.7 Å². The van der Waals surface area contributed by atoms with Gasteiger partial charge in [0.1, 0.15) is 5.75 Å². The predicted octanol–water partition coefficient (Wildman–Crippen LogP) is 3.89. The Morgan fingerprint density at radius 2 is 1.95 bits per heavy atom. The SMILES string of the molecule is Cn1c(=O)c2ccc(-c3cnc(NC4CCN(C(=O)CI)C4)nc3)cc2n1Cc1ccccc1OC(F)F. The number of halogens is 3. The monoisotopic (exact) mass is 634 g/mol. The van der Waals surface area contributed by atoms with Gasteiger partial charge in [0.05, 0.1) is 21.9 Å². The van der Waals surface area contributed by atoms with Gasteiger partial charge < -0.3 is 15.0 Å². The summed E-state index contributed by atoms with van der Waals surface area (Å²) < 4.78 is 34.1. The lowest BCUT2D eigenvalue weighted by molar-refractivity contribution is -0.127. The van der Waals surface area contributed by atoms with Crippen molar-refractivity contribution in [1.29, 1.82) is 0 Å². The molecule has 1 atom stereocenters. The number of likely N-dealkylation sites (tertiary alicyclic amines) is 1. The lowest BCUT2D eigenvalue weighted by Crippen LogP contribution is -2.32. The average molecular weight is 634 g/mol. The molecule has 0 saturated carbocycles. The number of carbonyl (C=O) groups is 1. The minimum absolute atomic E-state index is 0.0634. The number of aromatic nitrogens is 4. The smallest absolute Gasteiger partial charge is 0.387 e. The first-order valence-corrected chi connectivity index (χ1v) is 13.5. The van der Waals surface area contributed by atoms with Crippen molar-refractivity contribution in [2.75, 3.05) is 22.8 Å². The molecule has 0 radical (unpaired) electrons. The van der Waals surface area contributed by atoms with Gasteiger partial charge in [-0.15, -0.1) is 0 Å². The van der Waals surface area contributed by atoms with Crippen LogP contribution in [-0.2, 0) is 18.4 Å². The van der Waals surface area contributed by atoms with Gasteiger partial charge in [0.15, 0.2) is 0 Å². The molecule has 9 nitrogen and oxygen atoms in total. The topological polar surface area (TPSA) is 94.3 Å². The molecule has 12 heteroatoms. The zero-order valence-corrected chi connectivity index (χ0v) is 22.6. The molecule has 5 rings (SSSR count). The summed E-state index contributed by atoms with van der Waals surface area (Å²) in [6.45, 7) is -1.44. The third kappa shape index (κ3) is 5.35. The number of hydrogen-bond acceptors (Lipinski definition) is 6. The van der Waals surface area contributed by atoms with Crippen molar-refractivity contribution in [2.24, 2.45) is 7.05 Å². The second-order valence-electron chi connectivity index (χ2n) is 9.00. The van der Waals surface area contributed by atoms with Crippen molar-refractivity contribution in [2.45, 2.75) is 25.6 Å². The largest absolute Gasteiger partial charge is 0.434 e. The van der Waals surface area contributed by atoms with Crippen molar-refractivity contribution in [3.63, 3.8) is 0 Å². The summed E-state index contributed by atoms with van der Waals surface area (Å²) in [6.07, 6.45) is 4.24. The Bertz CT molecular complexity index is 1520. The first-order chi connectivity index (χ1) is 18.3. The second-order valence-corrected chi connectivity index (χ2v) is 9.77. The van der Waals surface area contributed by atoms with E-state index in [2.05, 4.69) is 42.6 Å². The maximum absolute atomic E-state index is 12.9. The number of nitrogens with one attached hydrogen (secondary N) is 1. The molecule has 0 bridgehead atoms. The van der Waals surface area contributed by atoms with Crippen LogP contribution in [0.2, 0.25) is 0 Å². The van der Waals surface area contributed by atoms with Gasteiger partial charge in [-0.25, -0.2) is 9.97 Å². The van der Waals surface area contributed by atoms with Crippen LogP contribution in [0.25, 0.3) is 22.0 Å². The number of para-hydroxylation sites is 1. The average Bonchev–Trinajstić information content (AvgIpc) is 3.48. The summed E-state index contributed by atoms with van der Waals surface area (Å²) >= 11 is 2.07. The normalized spacial score (nSPS) is 15.4. The van der Waals surface area contributed by atoms with Gasteiger partial charge >= 0.3 is 6.61 Å². The molecule has 4 aromatic rings. The van der Waals surface area contributed by atoms with E-state index in [0.717, 1.165) is 24.1 Å². The summed E-state index contributed by atoms with van der Waals surface area (Å²) in [4.78, 5) is 35.5. The van der Waals surface area contributed by atoms with Crippen molar-refractivity contribution in [1.82, 2.24) is 24.2 Å². The maximum Gasteiger partial charge on any atom is 0.387 e. The number of alkyl halides is 3. The van der Waals surface area contributed by atoms with Crippen LogP contribution < -0.4 is 15.6 Å². The number of amides is 1. The standard InChI is InChI=1S/C26H25F2IN6O3/c1-33-24(37)20-7-6-16(10-21(20)35(33)14-17-4-2-3-5-22(17)38-25(27)28)18-12-30-26(31-13-18)32-19-8-9-34(15-19)23(36)11-29/h2-7,10,12-13,19,25H,8-9,11,14-15H2,1H3,(H,30,31,32). The maximum atomic E-state index is 12.9. The highest BCUT2D eigenvalue weighted by Gasteiger charge is 2.26. The molecule has 1 fully saturated rings. The van der Waals surface area contributed by atoms with Crippen LogP contribution in [0.5, 0.6) is 5.75 Å². The number of nitrogens with zero attached hydrogens (tertiary/aromatic N) is 5. The van der Waals surface area contributed by atoms with Crippen LogP contribution >= 0.6 is 22.6 Å². The Balaban J connectivity index is 1.39. The Morgan fingerprint density at radius 1 is 1.18 bits per heavy atom. The van der Waals surface area contributed by atoms with E-state index < -0.39 is 6.61 Å². The number of rotatable bonds is 8. The van der Waals surface area contributed by atoms with Gasteiger partial charge in [0.2, 0.25) is 11.9 Å². The summed E-state index contributed by atoms with van der Waals surface area (Å²) in [5.74, 6) is 0.676. The predicted molar refractivity (Wildman–Crippen MR) is 148 cm³/mol. The van der Waals surface area contributed by atoms with Crippen LogP contribution in [0.3, 0.4) is 0 Å². The first kappa shape index (κ1) is 26.1. The highest BCUT2D eigenvalue weighted by molar-refractivity contribution is 14.1. The summed E-state index contributed by atoms with van der Waals surface area (Å²) in [5.41, 5.74) is 2.54. The number of benzene rings is 2. The molecule has 3 heterocycles. The first-order valence-electron chi connectivity index (χ1n) is 12.0. The zero-order valence-electron chi connectivity index (χ0n) is 20.5. The van der Waals surface area contributed by atoms with Gasteiger partial charge in [-0.05, 0) is 30.2 Å². The number of hydrogen-bond donors (Lipinski definition) is 1. The molecule has 2 aromatic carbocycles. The number of carbonyl (C=O) groups excluding carboxylic acids is 1. The molecule has 1 unspecified atom stereocenters. The molecule has 1 amide bonds. The fourth-order valence-corrected chi connectivity index (χ4v) is 5.15.